The van der Waals surface area contributed by atoms with Crippen molar-refractivity contribution in [2.75, 3.05) is 10.6 Å². The highest BCUT2D eigenvalue weighted by Crippen LogP contribution is 2.41. The van der Waals surface area contributed by atoms with Crippen LogP contribution in [-0.4, -0.2) is 11.4 Å². The molecule has 0 radical (unpaired) electrons. The summed E-state index contributed by atoms with van der Waals surface area (Å²) in [6, 6.07) is 25.1. The molecular weight excluding hydrogens is 416 g/mol. The van der Waals surface area contributed by atoms with E-state index in [1.807, 2.05) is 12.1 Å². The molecule has 0 bridgehead atoms. The van der Waals surface area contributed by atoms with Gasteiger partial charge in [0.1, 0.15) is 0 Å². The SMILES string of the molecule is c1ccc(Nc2cc(N=C3CCCCC3)c(Nc3ccccc3)cc2N=C2CCCCC2)cc1. The quantitative estimate of drug-likeness (QED) is 0.393. The molecule has 174 valence electrons. The third-order valence-corrected chi connectivity index (χ3v) is 6.64. The van der Waals surface area contributed by atoms with Crippen LogP contribution in [0.1, 0.15) is 64.2 Å². The zero-order valence-corrected chi connectivity index (χ0v) is 19.9. The van der Waals surface area contributed by atoms with Gasteiger partial charge in [-0.1, -0.05) is 49.2 Å². The standard InChI is InChI=1S/C30H34N4/c1-5-13-23(14-6-1)31-27-21-29(33-25-17-9-3-10-18-25)30(34-26-19-11-4-12-20-26)22-28(27)32-24-15-7-2-8-16-24/h1,4-6,11-14,19-22,31,34H,2-3,7-10,15-18H2. The zero-order valence-electron chi connectivity index (χ0n) is 19.9. The topological polar surface area (TPSA) is 48.8 Å². The van der Waals surface area contributed by atoms with Gasteiger partial charge in [0.2, 0.25) is 0 Å². The van der Waals surface area contributed by atoms with E-state index in [9.17, 15) is 0 Å². The minimum Gasteiger partial charge on any atom is -0.354 e. The molecule has 3 aromatic rings. The normalized spacial score (nSPS) is 16.1. The number of aliphatic imine (C=N–C) groups is 2. The van der Waals surface area contributed by atoms with E-state index in [0.29, 0.717) is 0 Å². The molecule has 0 amide bonds. The van der Waals surface area contributed by atoms with Crippen molar-refractivity contribution in [3.05, 3.63) is 72.8 Å². The molecule has 4 nitrogen and oxygen atoms in total. The Labute approximate surface area is 203 Å². The van der Waals surface area contributed by atoms with Gasteiger partial charge in [-0.2, -0.15) is 0 Å². The summed E-state index contributed by atoms with van der Waals surface area (Å²) in [5.41, 5.74) is 8.72. The first-order valence-corrected chi connectivity index (χ1v) is 12.8. The van der Waals surface area contributed by atoms with Gasteiger partial charge < -0.3 is 10.6 Å². The second-order valence-corrected chi connectivity index (χ2v) is 9.35. The van der Waals surface area contributed by atoms with Crippen LogP contribution in [0.5, 0.6) is 0 Å². The number of nitrogens with zero attached hydrogens (tertiary/aromatic N) is 2. The zero-order chi connectivity index (χ0) is 23.0. The van der Waals surface area contributed by atoms with Crippen molar-refractivity contribution in [2.24, 2.45) is 9.98 Å². The molecule has 0 aliphatic heterocycles. The van der Waals surface area contributed by atoms with E-state index in [4.69, 9.17) is 9.98 Å². The maximum atomic E-state index is 5.17. The molecular formula is C30H34N4. The molecule has 0 saturated heterocycles. The van der Waals surface area contributed by atoms with Gasteiger partial charge in [0.15, 0.2) is 0 Å². The highest BCUT2D eigenvalue weighted by atomic mass is 15.0. The average Bonchev–Trinajstić information content (AvgIpc) is 2.89. The Morgan fingerprint density at radius 3 is 1.24 bits per heavy atom. The molecule has 0 atom stereocenters. The van der Waals surface area contributed by atoms with Crippen LogP contribution in [0.25, 0.3) is 0 Å². The molecule has 2 fully saturated rings. The van der Waals surface area contributed by atoms with E-state index in [0.717, 1.165) is 59.8 Å². The number of nitrogens with one attached hydrogen (secondary N) is 2. The number of para-hydroxylation sites is 2. The molecule has 5 rings (SSSR count). The van der Waals surface area contributed by atoms with Crippen molar-refractivity contribution in [1.82, 2.24) is 0 Å². The molecule has 0 unspecified atom stereocenters. The first kappa shape index (κ1) is 22.4. The van der Waals surface area contributed by atoms with Gasteiger partial charge in [-0.05, 0) is 87.8 Å². The summed E-state index contributed by atoms with van der Waals surface area (Å²) in [7, 11) is 0. The van der Waals surface area contributed by atoms with Gasteiger partial charge in [-0.3, -0.25) is 9.98 Å². The predicted octanol–water partition coefficient (Wildman–Crippen LogP) is 9.25. The largest absolute Gasteiger partial charge is 0.354 e. The van der Waals surface area contributed by atoms with Crippen molar-refractivity contribution >= 4 is 45.5 Å². The van der Waals surface area contributed by atoms with Crippen LogP contribution in [-0.2, 0) is 0 Å². The smallest absolute Gasteiger partial charge is 0.0886 e. The third-order valence-electron chi connectivity index (χ3n) is 6.64. The van der Waals surface area contributed by atoms with E-state index < -0.39 is 0 Å². The molecule has 2 saturated carbocycles. The van der Waals surface area contributed by atoms with E-state index >= 15 is 0 Å². The van der Waals surface area contributed by atoms with Crippen LogP contribution < -0.4 is 10.6 Å². The molecule has 2 aliphatic rings. The monoisotopic (exact) mass is 450 g/mol. The van der Waals surface area contributed by atoms with Crippen molar-refractivity contribution < 1.29 is 0 Å². The van der Waals surface area contributed by atoms with Crippen molar-refractivity contribution in [1.29, 1.82) is 0 Å². The third kappa shape index (κ3) is 5.93. The van der Waals surface area contributed by atoms with E-state index in [1.54, 1.807) is 0 Å². The van der Waals surface area contributed by atoms with Crippen LogP contribution in [0.4, 0.5) is 34.1 Å². The van der Waals surface area contributed by atoms with Crippen LogP contribution in [0.2, 0.25) is 0 Å². The second kappa shape index (κ2) is 11.1. The average molecular weight is 451 g/mol. The van der Waals surface area contributed by atoms with Gasteiger partial charge in [-0.25, -0.2) is 0 Å². The number of hydrogen-bond donors (Lipinski definition) is 2. The second-order valence-electron chi connectivity index (χ2n) is 9.35. The first-order valence-electron chi connectivity index (χ1n) is 12.8. The van der Waals surface area contributed by atoms with Crippen molar-refractivity contribution in [3.63, 3.8) is 0 Å². The Bertz CT molecular complexity index is 1040. The lowest BCUT2D eigenvalue weighted by Gasteiger charge is -2.19. The summed E-state index contributed by atoms with van der Waals surface area (Å²) in [6.07, 6.45) is 11.9. The molecule has 0 spiro atoms. The fraction of sp³-hybridized carbons (Fsp3) is 0.333. The van der Waals surface area contributed by atoms with E-state index in [2.05, 4.69) is 71.3 Å². The Kier molecular flexibility index (Phi) is 7.34. The lowest BCUT2D eigenvalue weighted by molar-refractivity contribution is 0.667. The van der Waals surface area contributed by atoms with Crippen LogP contribution in [0.3, 0.4) is 0 Å². The number of hydrogen-bond acceptors (Lipinski definition) is 4. The first-order chi connectivity index (χ1) is 16.8. The predicted molar refractivity (Wildman–Crippen MR) is 146 cm³/mol. The summed E-state index contributed by atoms with van der Waals surface area (Å²) in [5.74, 6) is 0. The highest BCUT2D eigenvalue weighted by molar-refractivity contribution is 5.95. The molecule has 34 heavy (non-hydrogen) atoms. The molecule has 4 heteroatoms. The van der Waals surface area contributed by atoms with Crippen LogP contribution in [0.15, 0.2) is 82.8 Å². The Balaban J connectivity index is 1.59. The minimum atomic E-state index is 0.978. The summed E-state index contributed by atoms with van der Waals surface area (Å²) in [4.78, 5) is 10.3. The lowest BCUT2D eigenvalue weighted by atomic mass is 9.98. The molecule has 3 aromatic carbocycles. The Morgan fingerprint density at radius 1 is 0.471 bits per heavy atom. The van der Waals surface area contributed by atoms with E-state index in [1.165, 1.54) is 49.9 Å². The molecule has 0 heterocycles. The molecule has 2 N–H and O–H groups in total. The number of rotatable bonds is 6. The maximum absolute atomic E-state index is 5.17. The van der Waals surface area contributed by atoms with Gasteiger partial charge >= 0.3 is 0 Å². The number of benzene rings is 3. The summed E-state index contributed by atoms with van der Waals surface area (Å²) < 4.78 is 0. The molecule has 2 aliphatic carbocycles. The summed E-state index contributed by atoms with van der Waals surface area (Å²) in [6.45, 7) is 0. The molecule has 0 aromatic heterocycles. The van der Waals surface area contributed by atoms with Gasteiger partial charge in [0.05, 0.1) is 22.7 Å². The van der Waals surface area contributed by atoms with Gasteiger partial charge in [0, 0.05) is 22.8 Å². The van der Waals surface area contributed by atoms with Gasteiger partial charge in [-0.15, -0.1) is 0 Å². The fourth-order valence-electron chi connectivity index (χ4n) is 4.80. The van der Waals surface area contributed by atoms with Crippen molar-refractivity contribution in [2.45, 2.75) is 64.2 Å². The Hall–Kier alpha value is -3.40. The lowest BCUT2D eigenvalue weighted by Crippen LogP contribution is -2.05. The number of anilines is 4. The van der Waals surface area contributed by atoms with E-state index in [-0.39, 0.29) is 0 Å². The summed E-state index contributed by atoms with van der Waals surface area (Å²) in [5, 5.41) is 7.25. The fourth-order valence-corrected chi connectivity index (χ4v) is 4.80. The van der Waals surface area contributed by atoms with Crippen LogP contribution >= 0.6 is 0 Å². The van der Waals surface area contributed by atoms with Crippen molar-refractivity contribution in [3.8, 4) is 0 Å². The Morgan fingerprint density at radius 2 is 0.853 bits per heavy atom. The highest BCUT2D eigenvalue weighted by Gasteiger charge is 2.15. The van der Waals surface area contributed by atoms with Gasteiger partial charge in [0.25, 0.3) is 0 Å². The summed E-state index contributed by atoms with van der Waals surface area (Å²) >= 11 is 0. The minimum absolute atomic E-state index is 0.978. The maximum Gasteiger partial charge on any atom is 0.0886 e. The van der Waals surface area contributed by atoms with Crippen LogP contribution in [0, 0.1) is 0 Å².